The van der Waals surface area contributed by atoms with Gasteiger partial charge in [-0.15, -0.1) is 0 Å². The number of ether oxygens (including phenoxy) is 1. The predicted octanol–water partition coefficient (Wildman–Crippen LogP) is 0.661. The van der Waals surface area contributed by atoms with Gasteiger partial charge >= 0.3 is 6.03 Å². The first-order valence-corrected chi connectivity index (χ1v) is 7.71. The second-order valence-electron chi connectivity index (χ2n) is 5.44. The van der Waals surface area contributed by atoms with Crippen molar-refractivity contribution in [2.75, 3.05) is 45.2 Å². The molecule has 0 spiro atoms. The van der Waals surface area contributed by atoms with Gasteiger partial charge in [0.05, 0.1) is 18.8 Å². The number of carbonyl (C=O) groups excluding carboxylic acids is 2. The normalized spacial score (nSPS) is 16.6. The Balaban J connectivity index is 1.93. The zero-order chi connectivity index (χ0) is 16.8. The molecule has 2 rings (SSSR count). The molecule has 1 atom stereocenters. The summed E-state index contributed by atoms with van der Waals surface area (Å²) in [6.45, 7) is 4.92. The molecule has 1 fully saturated rings. The second kappa shape index (κ2) is 7.82. The third kappa shape index (κ3) is 4.13. The largest absolute Gasteiger partial charge is 0.495 e. The molecule has 0 aromatic heterocycles. The number of rotatable bonds is 4. The minimum absolute atomic E-state index is 0.282. The lowest BCUT2D eigenvalue weighted by molar-refractivity contribution is -0.124. The number of hydrogen-bond donors (Lipinski definition) is 2. The highest BCUT2D eigenvalue weighted by Gasteiger charge is 2.27. The van der Waals surface area contributed by atoms with E-state index in [2.05, 4.69) is 20.4 Å². The third-order valence-corrected chi connectivity index (χ3v) is 4.13. The van der Waals surface area contributed by atoms with E-state index in [9.17, 15) is 9.59 Å². The number of hydrogen-bond acceptors (Lipinski definition) is 5. The fourth-order valence-corrected chi connectivity index (χ4v) is 2.69. The number of para-hydroxylation sites is 2. The Morgan fingerprint density at radius 2 is 1.83 bits per heavy atom. The molecule has 1 aliphatic rings. The van der Waals surface area contributed by atoms with E-state index in [0.717, 1.165) is 37.6 Å². The molecule has 7 nitrogen and oxygen atoms in total. The number of anilines is 1. The molecule has 0 radical (unpaired) electrons. The number of carbonyl (C=O) groups is 2. The van der Waals surface area contributed by atoms with Crippen LogP contribution in [0.2, 0.25) is 0 Å². The second-order valence-corrected chi connectivity index (χ2v) is 5.44. The maximum Gasteiger partial charge on any atom is 0.321 e. The van der Waals surface area contributed by atoms with Crippen LogP contribution in [-0.4, -0.2) is 63.2 Å². The Morgan fingerprint density at radius 3 is 2.43 bits per heavy atom. The van der Waals surface area contributed by atoms with Crippen LogP contribution in [0.4, 0.5) is 10.5 Å². The molecule has 126 valence electrons. The average Bonchev–Trinajstić information content (AvgIpc) is 2.60. The number of imide groups is 1. The molecule has 0 aliphatic carbocycles. The maximum atomic E-state index is 12.0. The summed E-state index contributed by atoms with van der Waals surface area (Å²) in [4.78, 5) is 27.6. The number of benzene rings is 1. The third-order valence-electron chi connectivity index (χ3n) is 4.13. The van der Waals surface area contributed by atoms with Crippen LogP contribution in [0.25, 0.3) is 0 Å². The zero-order valence-electron chi connectivity index (χ0n) is 13.8. The fraction of sp³-hybridized carbons (Fsp3) is 0.500. The van der Waals surface area contributed by atoms with E-state index >= 15 is 0 Å². The number of urea groups is 1. The molecule has 1 aliphatic heterocycles. The first-order chi connectivity index (χ1) is 11.1. The van der Waals surface area contributed by atoms with Crippen molar-refractivity contribution in [1.82, 2.24) is 15.5 Å². The van der Waals surface area contributed by atoms with Gasteiger partial charge in [0.25, 0.3) is 0 Å². The quantitative estimate of drug-likeness (QED) is 0.853. The van der Waals surface area contributed by atoms with Gasteiger partial charge in [0.1, 0.15) is 5.75 Å². The average molecular weight is 320 g/mol. The summed E-state index contributed by atoms with van der Waals surface area (Å²) in [6.07, 6.45) is 0. The first kappa shape index (κ1) is 17.1. The van der Waals surface area contributed by atoms with E-state index in [1.54, 1.807) is 7.11 Å². The molecular formula is C16H24N4O3. The molecule has 2 N–H and O–H groups in total. The minimum Gasteiger partial charge on any atom is -0.495 e. The Morgan fingerprint density at radius 1 is 1.17 bits per heavy atom. The van der Waals surface area contributed by atoms with E-state index in [-0.39, 0.29) is 11.9 Å². The summed E-state index contributed by atoms with van der Waals surface area (Å²) in [7, 11) is 3.15. The van der Waals surface area contributed by atoms with Crippen molar-refractivity contribution >= 4 is 17.6 Å². The highest BCUT2D eigenvalue weighted by molar-refractivity contribution is 5.96. The van der Waals surface area contributed by atoms with Gasteiger partial charge in [-0.3, -0.25) is 15.0 Å². The van der Waals surface area contributed by atoms with Crippen LogP contribution in [0.5, 0.6) is 5.75 Å². The summed E-state index contributed by atoms with van der Waals surface area (Å²) in [5.41, 5.74) is 1.07. The number of nitrogens with one attached hydrogen (secondary N) is 2. The van der Waals surface area contributed by atoms with Crippen LogP contribution in [0, 0.1) is 0 Å². The van der Waals surface area contributed by atoms with E-state index in [0.29, 0.717) is 0 Å². The van der Waals surface area contributed by atoms with Crippen molar-refractivity contribution in [1.29, 1.82) is 0 Å². The van der Waals surface area contributed by atoms with Gasteiger partial charge in [0, 0.05) is 33.2 Å². The maximum absolute atomic E-state index is 12.0. The molecule has 1 aromatic rings. The van der Waals surface area contributed by atoms with E-state index in [1.807, 2.05) is 31.2 Å². The lowest BCUT2D eigenvalue weighted by Gasteiger charge is -2.38. The van der Waals surface area contributed by atoms with Crippen molar-refractivity contribution < 1.29 is 14.3 Å². The van der Waals surface area contributed by atoms with Gasteiger partial charge in [-0.1, -0.05) is 12.1 Å². The van der Waals surface area contributed by atoms with Gasteiger partial charge in [-0.25, -0.2) is 4.79 Å². The SMILES string of the molecule is CNC(=O)NC(=O)C(C)N1CCN(c2ccccc2OC)CC1. The minimum atomic E-state index is -0.477. The summed E-state index contributed by atoms with van der Waals surface area (Å²) >= 11 is 0. The van der Waals surface area contributed by atoms with Gasteiger partial charge in [0.2, 0.25) is 5.91 Å². The van der Waals surface area contributed by atoms with Crippen molar-refractivity contribution in [3.63, 3.8) is 0 Å². The lowest BCUT2D eigenvalue weighted by Crippen LogP contribution is -2.55. The molecule has 1 unspecified atom stereocenters. The van der Waals surface area contributed by atoms with Crippen LogP contribution < -0.4 is 20.3 Å². The van der Waals surface area contributed by atoms with Crippen LogP contribution in [-0.2, 0) is 4.79 Å². The monoisotopic (exact) mass is 320 g/mol. The van der Waals surface area contributed by atoms with Crippen molar-refractivity contribution in [2.45, 2.75) is 13.0 Å². The Bertz CT molecular complexity index is 556. The van der Waals surface area contributed by atoms with E-state index in [4.69, 9.17) is 4.74 Å². The van der Waals surface area contributed by atoms with Crippen LogP contribution in [0.3, 0.4) is 0 Å². The van der Waals surface area contributed by atoms with Gasteiger partial charge < -0.3 is 15.0 Å². The Kier molecular flexibility index (Phi) is 5.81. The van der Waals surface area contributed by atoms with Gasteiger partial charge in [0.15, 0.2) is 0 Å². The predicted molar refractivity (Wildman–Crippen MR) is 88.8 cm³/mol. The Hall–Kier alpha value is -2.28. The molecule has 1 heterocycles. The highest BCUT2D eigenvalue weighted by atomic mass is 16.5. The first-order valence-electron chi connectivity index (χ1n) is 7.71. The fourth-order valence-electron chi connectivity index (χ4n) is 2.69. The number of piperazine rings is 1. The number of nitrogens with zero attached hydrogens (tertiary/aromatic N) is 2. The van der Waals surface area contributed by atoms with Crippen LogP contribution >= 0.6 is 0 Å². The lowest BCUT2D eigenvalue weighted by atomic mass is 10.2. The molecule has 1 saturated heterocycles. The number of methoxy groups -OCH3 is 1. The molecule has 0 saturated carbocycles. The molecule has 3 amide bonds. The Labute approximate surface area is 136 Å². The highest BCUT2D eigenvalue weighted by Crippen LogP contribution is 2.28. The van der Waals surface area contributed by atoms with Gasteiger partial charge in [-0.2, -0.15) is 0 Å². The van der Waals surface area contributed by atoms with E-state index in [1.165, 1.54) is 7.05 Å². The zero-order valence-corrected chi connectivity index (χ0v) is 13.8. The molecular weight excluding hydrogens is 296 g/mol. The summed E-state index contributed by atoms with van der Waals surface area (Å²) in [5.74, 6) is 0.571. The van der Waals surface area contributed by atoms with Gasteiger partial charge in [-0.05, 0) is 19.1 Å². The van der Waals surface area contributed by atoms with Crippen molar-refractivity contribution in [2.24, 2.45) is 0 Å². The summed E-state index contributed by atoms with van der Waals surface area (Å²) < 4.78 is 5.40. The molecule has 0 bridgehead atoms. The standard InChI is InChI=1S/C16H24N4O3/c1-12(15(21)18-16(22)17-2)19-8-10-20(11-9-19)13-6-4-5-7-14(13)23-3/h4-7,12H,8-11H2,1-3H3,(H2,17,18,21,22). The van der Waals surface area contributed by atoms with Crippen molar-refractivity contribution in [3.8, 4) is 5.75 Å². The van der Waals surface area contributed by atoms with Crippen LogP contribution in [0.15, 0.2) is 24.3 Å². The smallest absolute Gasteiger partial charge is 0.321 e. The molecule has 1 aromatic carbocycles. The number of amides is 3. The topological polar surface area (TPSA) is 73.9 Å². The van der Waals surface area contributed by atoms with Crippen molar-refractivity contribution in [3.05, 3.63) is 24.3 Å². The summed E-state index contributed by atoms with van der Waals surface area (Å²) in [5, 5.41) is 4.71. The van der Waals surface area contributed by atoms with E-state index < -0.39 is 6.03 Å². The summed E-state index contributed by atoms with van der Waals surface area (Å²) in [6, 6.07) is 7.10. The molecule has 23 heavy (non-hydrogen) atoms. The van der Waals surface area contributed by atoms with Crippen LogP contribution in [0.1, 0.15) is 6.92 Å². The molecule has 7 heteroatoms.